The van der Waals surface area contributed by atoms with E-state index in [0.29, 0.717) is 6.61 Å². The number of carbonyl (C=O) groups excluding carboxylic acids is 1. The maximum atomic E-state index is 11.7. The SMILES string of the molecule is CC(C)(C)OC(=O)C[C@H](CO)COCOCc1ccccc1. The van der Waals surface area contributed by atoms with Crippen LogP contribution in [0.2, 0.25) is 0 Å². The molecule has 0 aromatic heterocycles. The van der Waals surface area contributed by atoms with Crippen LogP contribution < -0.4 is 0 Å². The standard InChI is InChI=1S/C17H26O5/c1-17(2,3)22-16(19)9-15(10-18)12-21-13-20-11-14-7-5-4-6-8-14/h4-8,15,18H,9-13H2,1-3H3/t15-/m1/s1. The summed E-state index contributed by atoms with van der Waals surface area (Å²) in [6.45, 7) is 6.16. The summed E-state index contributed by atoms with van der Waals surface area (Å²) >= 11 is 0. The molecule has 0 spiro atoms. The number of benzene rings is 1. The van der Waals surface area contributed by atoms with Crippen molar-refractivity contribution in [2.45, 2.75) is 39.4 Å². The number of hydrogen-bond acceptors (Lipinski definition) is 5. The fraction of sp³-hybridized carbons (Fsp3) is 0.588. The molecular formula is C17H26O5. The van der Waals surface area contributed by atoms with Crippen LogP contribution >= 0.6 is 0 Å². The second kappa shape index (κ2) is 9.56. The highest BCUT2D eigenvalue weighted by molar-refractivity contribution is 5.70. The van der Waals surface area contributed by atoms with Crippen molar-refractivity contribution in [1.82, 2.24) is 0 Å². The molecule has 0 heterocycles. The molecule has 0 amide bonds. The summed E-state index contributed by atoms with van der Waals surface area (Å²) in [5.41, 5.74) is 0.551. The molecule has 1 aromatic carbocycles. The number of aliphatic hydroxyl groups is 1. The van der Waals surface area contributed by atoms with E-state index in [-0.39, 0.29) is 38.3 Å². The third-order valence-corrected chi connectivity index (χ3v) is 2.77. The predicted molar refractivity (Wildman–Crippen MR) is 83.1 cm³/mol. The zero-order valence-corrected chi connectivity index (χ0v) is 13.6. The first-order valence-corrected chi connectivity index (χ1v) is 7.43. The van der Waals surface area contributed by atoms with Crippen LogP contribution in [0.3, 0.4) is 0 Å². The van der Waals surface area contributed by atoms with Gasteiger partial charge in [-0.15, -0.1) is 0 Å². The van der Waals surface area contributed by atoms with Crippen LogP contribution in [0.1, 0.15) is 32.8 Å². The Morgan fingerprint density at radius 2 is 1.86 bits per heavy atom. The van der Waals surface area contributed by atoms with Crippen LogP contribution in [0.5, 0.6) is 0 Å². The second-order valence-corrected chi connectivity index (χ2v) is 6.16. The number of ether oxygens (including phenoxy) is 3. The molecule has 0 aliphatic rings. The molecule has 0 unspecified atom stereocenters. The van der Waals surface area contributed by atoms with Crippen molar-refractivity contribution >= 4 is 5.97 Å². The summed E-state index contributed by atoms with van der Waals surface area (Å²) in [6.07, 6.45) is 0.131. The monoisotopic (exact) mass is 310 g/mol. The summed E-state index contributed by atoms with van der Waals surface area (Å²) < 4.78 is 15.9. The molecule has 0 saturated heterocycles. The van der Waals surface area contributed by atoms with Gasteiger partial charge in [-0.25, -0.2) is 0 Å². The number of carbonyl (C=O) groups is 1. The van der Waals surface area contributed by atoms with Crippen molar-refractivity contribution in [3.8, 4) is 0 Å². The van der Waals surface area contributed by atoms with E-state index < -0.39 is 5.60 Å². The van der Waals surface area contributed by atoms with Gasteiger partial charge < -0.3 is 19.3 Å². The summed E-state index contributed by atoms with van der Waals surface area (Å²) in [5.74, 6) is -0.615. The van der Waals surface area contributed by atoms with Gasteiger partial charge in [0.25, 0.3) is 0 Å². The first-order valence-electron chi connectivity index (χ1n) is 7.43. The maximum Gasteiger partial charge on any atom is 0.306 e. The van der Waals surface area contributed by atoms with Gasteiger partial charge in [0.1, 0.15) is 12.4 Å². The third-order valence-electron chi connectivity index (χ3n) is 2.77. The molecular weight excluding hydrogens is 284 g/mol. The Morgan fingerprint density at radius 1 is 1.18 bits per heavy atom. The Bertz CT molecular complexity index is 424. The van der Waals surface area contributed by atoms with Crippen molar-refractivity contribution in [2.24, 2.45) is 5.92 Å². The Kier molecular flexibility index (Phi) is 8.09. The lowest BCUT2D eigenvalue weighted by Crippen LogP contribution is -2.27. The van der Waals surface area contributed by atoms with E-state index in [1.807, 2.05) is 51.1 Å². The van der Waals surface area contributed by atoms with Gasteiger partial charge in [-0.3, -0.25) is 4.79 Å². The maximum absolute atomic E-state index is 11.7. The van der Waals surface area contributed by atoms with Crippen molar-refractivity contribution < 1.29 is 24.1 Å². The van der Waals surface area contributed by atoms with Gasteiger partial charge in [-0.2, -0.15) is 0 Å². The molecule has 1 N–H and O–H groups in total. The first kappa shape index (κ1) is 18.6. The van der Waals surface area contributed by atoms with Gasteiger partial charge in [0, 0.05) is 12.5 Å². The average molecular weight is 310 g/mol. The number of hydrogen-bond donors (Lipinski definition) is 1. The first-order chi connectivity index (χ1) is 10.4. The molecule has 0 fully saturated rings. The smallest absolute Gasteiger partial charge is 0.306 e. The minimum Gasteiger partial charge on any atom is -0.460 e. The summed E-state index contributed by atoms with van der Waals surface area (Å²) in [6, 6.07) is 9.78. The van der Waals surface area contributed by atoms with Crippen molar-refractivity contribution in [1.29, 1.82) is 0 Å². The highest BCUT2D eigenvalue weighted by Gasteiger charge is 2.20. The van der Waals surface area contributed by atoms with Crippen molar-refractivity contribution in [3.05, 3.63) is 35.9 Å². The van der Waals surface area contributed by atoms with Gasteiger partial charge in [0.05, 0.1) is 19.6 Å². The molecule has 0 radical (unpaired) electrons. The van der Waals surface area contributed by atoms with Crippen LogP contribution in [0, 0.1) is 5.92 Å². The highest BCUT2D eigenvalue weighted by atomic mass is 16.7. The Balaban J connectivity index is 2.17. The molecule has 1 atom stereocenters. The quantitative estimate of drug-likeness (QED) is 0.431. The van der Waals surface area contributed by atoms with Gasteiger partial charge in [-0.05, 0) is 26.3 Å². The minimum atomic E-state index is -0.517. The van der Waals surface area contributed by atoms with E-state index in [4.69, 9.17) is 14.2 Å². The lowest BCUT2D eigenvalue weighted by atomic mass is 10.1. The lowest BCUT2D eigenvalue weighted by Gasteiger charge is -2.21. The largest absolute Gasteiger partial charge is 0.460 e. The van der Waals surface area contributed by atoms with E-state index in [0.717, 1.165) is 5.56 Å². The molecule has 0 aliphatic carbocycles. The Hall–Kier alpha value is -1.43. The molecule has 1 aromatic rings. The summed E-state index contributed by atoms with van der Waals surface area (Å²) in [5, 5.41) is 9.28. The van der Waals surface area contributed by atoms with Gasteiger partial charge in [-0.1, -0.05) is 30.3 Å². The molecule has 5 nitrogen and oxygen atoms in total. The van der Waals surface area contributed by atoms with E-state index in [1.165, 1.54) is 0 Å². The lowest BCUT2D eigenvalue weighted by molar-refractivity contribution is -0.157. The fourth-order valence-corrected chi connectivity index (χ4v) is 1.80. The molecule has 0 bridgehead atoms. The number of esters is 1. The van der Waals surface area contributed by atoms with Crippen LogP contribution in [0.4, 0.5) is 0 Å². The number of rotatable bonds is 9. The Morgan fingerprint density at radius 3 is 2.45 bits per heavy atom. The highest BCUT2D eigenvalue weighted by Crippen LogP contribution is 2.12. The topological polar surface area (TPSA) is 65.0 Å². The average Bonchev–Trinajstić information content (AvgIpc) is 2.44. The minimum absolute atomic E-state index is 0.125. The van der Waals surface area contributed by atoms with Crippen LogP contribution in [0.25, 0.3) is 0 Å². The van der Waals surface area contributed by atoms with Crippen molar-refractivity contribution in [2.75, 3.05) is 20.0 Å². The van der Waals surface area contributed by atoms with Crippen molar-refractivity contribution in [3.63, 3.8) is 0 Å². The van der Waals surface area contributed by atoms with E-state index in [9.17, 15) is 9.90 Å². The number of aliphatic hydroxyl groups excluding tert-OH is 1. The molecule has 1 rings (SSSR count). The molecule has 5 heteroatoms. The van der Waals surface area contributed by atoms with Gasteiger partial charge >= 0.3 is 5.97 Å². The second-order valence-electron chi connectivity index (χ2n) is 6.16. The van der Waals surface area contributed by atoms with E-state index in [1.54, 1.807) is 0 Å². The predicted octanol–water partition coefficient (Wildman–Crippen LogP) is 2.52. The zero-order chi connectivity index (χ0) is 16.4. The molecule has 22 heavy (non-hydrogen) atoms. The normalized spacial score (nSPS) is 12.9. The van der Waals surface area contributed by atoms with Crippen LogP contribution in [-0.2, 0) is 25.6 Å². The summed E-state index contributed by atoms with van der Waals surface area (Å²) in [7, 11) is 0. The van der Waals surface area contributed by atoms with Gasteiger partial charge in [0.2, 0.25) is 0 Å². The Labute approximate surface area is 132 Å². The van der Waals surface area contributed by atoms with Gasteiger partial charge in [0.15, 0.2) is 0 Å². The van der Waals surface area contributed by atoms with E-state index in [2.05, 4.69) is 0 Å². The zero-order valence-electron chi connectivity index (χ0n) is 13.6. The third kappa shape index (κ3) is 8.77. The van der Waals surface area contributed by atoms with E-state index >= 15 is 0 Å². The molecule has 0 saturated carbocycles. The van der Waals surface area contributed by atoms with Crippen LogP contribution in [-0.4, -0.2) is 36.7 Å². The fourth-order valence-electron chi connectivity index (χ4n) is 1.80. The summed E-state index contributed by atoms with van der Waals surface area (Å²) in [4.78, 5) is 11.7. The molecule has 0 aliphatic heterocycles. The van der Waals surface area contributed by atoms with Crippen LogP contribution in [0.15, 0.2) is 30.3 Å². The molecule has 124 valence electrons.